The van der Waals surface area contributed by atoms with Crippen LogP contribution in [0.15, 0.2) is 24.3 Å². The zero-order valence-electron chi connectivity index (χ0n) is 11.7. The molecule has 0 saturated carbocycles. The molecule has 0 spiro atoms. The van der Waals surface area contributed by atoms with Crippen LogP contribution in [0.1, 0.15) is 35.7 Å². The van der Waals surface area contributed by atoms with E-state index in [1.165, 1.54) is 0 Å². The highest BCUT2D eigenvalue weighted by atomic mass is 16.5. The molecule has 1 rings (SSSR count). The third-order valence-corrected chi connectivity index (χ3v) is 3.19. The van der Waals surface area contributed by atoms with Crippen LogP contribution < -0.4 is 5.32 Å². The Labute approximate surface area is 114 Å². The maximum atomic E-state index is 11.9. The van der Waals surface area contributed by atoms with Gasteiger partial charge in [-0.2, -0.15) is 0 Å². The fourth-order valence-electron chi connectivity index (χ4n) is 1.89. The normalized spacial score (nSPS) is 12.2. The van der Waals surface area contributed by atoms with Crippen LogP contribution in [0.4, 0.5) is 0 Å². The highest BCUT2D eigenvalue weighted by Crippen LogP contribution is 2.08. The molecule has 0 bridgehead atoms. The summed E-state index contributed by atoms with van der Waals surface area (Å²) in [5.74, 6) is 0.266. The third-order valence-electron chi connectivity index (χ3n) is 3.19. The van der Waals surface area contributed by atoms with Gasteiger partial charge >= 0.3 is 0 Å². The zero-order chi connectivity index (χ0) is 14.1. The molecule has 1 unspecified atom stereocenters. The van der Waals surface area contributed by atoms with Crippen LogP contribution in [0.3, 0.4) is 0 Å². The van der Waals surface area contributed by atoms with Crippen LogP contribution in [-0.2, 0) is 11.3 Å². The van der Waals surface area contributed by atoms with Crippen molar-refractivity contribution in [1.82, 2.24) is 5.32 Å². The van der Waals surface area contributed by atoms with Gasteiger partial charge in [-0.3, -0.25) is 4.79 Å². The number of ether oxygens (including phenoxy) is 1. The van der Waals surface area contributed by atoms with Gasteiger partial charge in [0.25, 0.3) is 5.91 Å². The van der Waals surface area contributed by atoms with Gasteiger partial charge in [-0.15, -0.1) is 0 Å². The molecule has 2 N–H and O–H groups in total. The second-order valence-electron chi connectivity index (χ2n) is 4.63. The lowest BCUT2D eigenvalue weighted by Crippen LogP contribution is -2.29. The number of nitrogens with one attached hydrogen (secondary N) is 1. The van der Waals surface area contributed by atoms with Crippen molar-refractivity contribution in [2.45, 2.75) is 26.4 Å². The predicted octanol–water partition coefficient (Wildman–Crippen LogP) is 1.97. The van der Waals surface area contributed by atoms with E-state index in [4.69, 9.17) is 9.84 Å². The Kier molecular flexibility index (Phi) is 7.15. The molecule has 0 aliphatic rings. The van der Waals surface area contributed by atoms with Crippen LogP contribution in [0.5, 0.6) is 0 Å². The summed E-state index contributed by atoms with van der Waals surface area (Å²) in [6.07, 6.45) is 1.68. The number of hydrogen-bond acceptors (Lipinski definition) is 3. The Hall–Kier alpha value is -1.39. The minimum Gasteiger partial charge on any atom is -0.396 e. The van der Waals surface area contributed by atoms with E-state index >= 15 is 0 Å². The Morgan fingerprint density at radius 1 is 1.37 bits per heavy atom. The molecule has 0 aliphatic heterocycles. The van der Waals surface area contributed by atoms with Gasteiger partial charge in [-0.25, -0.2) is 0 Å². The van der Waals surface area contributed by atoms with Gasteiger partial charge in [0.1, 0.15) is 0 Å². The molecule has 0 radical (unpaired) electrons. The Morgan fingerprint density at radius 3 is 2.58 bits per heavy atom. The highest BCUT2D eigenvalue weighted by Gasteiger charge is 2.09. The molecule has 0 aliphatic carbocycles. The summed E-state index contributed by atoms with van der Waals surface area (Å²) in [5, 5.41) is 11.8. The number of aliphatic hydroxyl groups is 1. The molecular formula is C15H23NO3. The van der Waals surface area contributed by atoms with Gasteiger partial charge < -0.3 is 15.2 Å². The van der Waals surface area contributed by atoms with Crippen molar-refractivity contribution in [3.63, 3.8) is 0 Å². The summed E-state index contributed by atoms with van der Waals surface area (Å²) in [5.41, 5.74) is 1.70. The number of benzene rings is 1. The van der Waals surface area contributed by atoms with Crippen molar-refractivity contribution in [1.29, 1.82) is 0 Å². The van der Waals surface area contributed by atoms with Gasteiger partial charge in [-0.1, -0.05) is 25.5 Å². The van der Waals surface area contributed by atoms with E-state index < -0.39 is 0 Å². The first kappa shape index (κ1) is 15.7. The molecule has 1 aromatic rings. The highest BCUT2D eigenvalue weighted by molar-refractivity contribution is 5.94. The van der Waals surface area contributed by atoms with Crippen molar-refractivity contribution in [3.05, 3.63) is 35.4 Å². The maximum Gasteiger partial charge on any atom is 0.251 e. The molecule has 0 fully saturated rings. The SMILES string of the molecule is CCC(CCO)CNC(=O)c1ccc(COC)cc1. The van der Waals surface area contributed by atoms with Crippen LogP contribution >= 0.6 is 0 Å². The van der Waals surface area contributed by atoms with E-state index in [0.29, 0.717) is 24.6 Å². The zero-order valence-corrected chi connectivity index (χ0v) is 11.7. The van der Waals surface area contributed by atoms with E-state index in [9.17, 15) is 4.79 Å². The van der Waals surface area contributed by atoms with E-state index in [1.807, 2.05) is 12.1 Å². The first-order chi connectivity index (χ1) is 9.21. The quantitative estimate of drug-likeness (QED) is 0.755. The maximum absolute atomic E-state index is 11.9. The van der Waals surface area contributed by atoms with E-state index in [-0.39, 0.29) is 12.5 Å². The number of hydrogen-bond donors (Lipinski definition) is 2. The molecule has 19 heavy (non-hydrogen) atoms. The van der Waals surface area contributed by atoms with Crippen molar-refractivity contribution in [2.24, 2.45) is 5.92 Å². The standard InChI is InChI=1S/C15H23NO3/c1-3-12(8-9-17)10-16-15(18)14-6-4-13(5-7-14)11-19-2/h4-7,12,17H,3,8-11H2,1-2H3,(H,16,18). The molecule has 0 aromatic heterocycles. The summed E-state index contributed by atoms with van der Waals surface area (Å²) < 4.78 is 5.02. The topological polar surface area (TPSA) is 58.6 Å². The molecule has 4 nitrogen and oxygen atoms in total. The summed E-state index contributed by atoms with van der Waals surface area (Å²) in [7, 11) is 1.65. The van der Waals surface area contributed by atoms with Gasteiger partial charge in [0.05, 0.1) is 6.61 Å². The van der Waals surface area contributed by atoms with Gasteiger partial charge in [0.15, 0.2) is 0 Å². The van der Waals surface area contributed by atoms with E-state index in [1.54, 1.807) is 19.2 Å². The van der Waals surface area contributed by atoms with Gasteiger partial charge in [0, 0.05) is 25.8 Å². The van der Waals surface area contributed by atoms with Crippen LogP contribution in [-0.4, -0.2) is 31.3 Å². The van der Waals surface area contributed by atoms with Gasteiger partial charge in [-0.05, 0) is 30.0 Å². The summed E-state index contributed by atoms with van der Waals surface area (Å²) in [6.45, 7) is 3.39. The van der Waals surface area contributed by atoms with Crippen LogP contribution in [0.25, 0.3) is 0 Å². The molecule has 0 heterocycles. The largest absolute Gasteiger partial charge is 0.396 e. The lowest BCUT2D eigenvalue weighted by molar-refractivity contribution is 0.0943. The Bertz CT molecular complexity index is 375. The Balaban J connectivity index is 2.48. The summed E-state index contributed by atoms with van der Waals surface area (Å²) in [6, 6.07) is 7.39. The molecule has 0 saturated heterocycles. The van der Waals surface area contributed by atoms with Gasteiger partial charge in [0.2, 0.25) is 0 Å². The van der Waals surface area contributed by atoms with Crippen LogP contribution in [0.2, 0.25) is 0 Å². The smallest absolute Gasteiger partial charge is 0.251 e. The number of rotatable bonds is 8. The third kappa shape index (κ3) is 5.41. The lowest BCUT2D eigenvalue weighted by Gasteiger charge is -2.14. The first-order valence-corrected chi connectivity index (χ1v) is 6.68. The number of amides is 1. The molecule has 1 atom stereocenters. The average molecular weight is 265 g/mol. The van der Waals surface area contributed by atoms with Crippen molar-refractivity contribution >= 4 is 5.91 Å². The molecule has 106 valence electrons. The number of aliphatic hydroxyl groups excluding tert-OH is 1. The number of carbonyl (C=O) groups excluding carboxylic acids is 1. The van der Waals surface area contributed by atoms with Crippen molar-refractivity contribution in [3.8, 4) is 0 Å². The predicted molar refractivity (Wildman–Crippen MR) is 75.0 cm³/mol. The minimum absolute atomic E-state index is 0.0691. The van der Waals surface area contributed by atoms with Crippen molar-refractivity contribution in [2.75, 3.05) is 20.3 Å². The molecule has 4 heteroatoms. The number of methoxy groups -OCH3 is 1. The fourth-order valence-corrected chi connectivity index (χ4v) is 1.89. The Morgan fingerprint density at radius 2 is 2.05 bits per heavy atom. The first-order valence-electron chi connectivity index (χ1n) is 6.68. The fraction of sp³-hybridized carbons (Fsp3) is 0.533. The van der Waals surface area contributed by atoms with E-state index in [0.717, 1.165) is 18.4 Å². The minimum atomic E-state index is -0.0691. The monoisotopic (exact) mass is 265 g/mol. The summed E-state index contributed by atoms with van der Waals surface area (Å²) >= 11 is 0. The van der Waals surface area contributed by atoms with E-state index in [2.05, 4.69) is 12.2 Å². The molecule has 1 amide bonds. The summed E-state index contributed by atoms with van der Waals surface area (Å²) in [4.78, 5) is 11.9. The second-order valence-corrected chi connectivity index (χ2v) is 4.63. The number of carbonyl (C=O) groups is 1. The second kappa shape index (κ2) is 8.67. The lowest BCUT2D eigenvalue weighted by atomic mass is 10.0. The molecule has 1 aromatic carbocycles. The van der Waals surface area contributed by atoms with Crippen LogP contribution in [0, 0.1) is 5.92 Å². The molecular weight excluding hydrogens is 242 g/mol. The van der Waals surface area contributed by atoms with Crippen molar-refractivity contribution < 1.29 is 14.6 Å². The average Bonchev–Trinajstić information content (AvgIpc) is 2.44.